The van der Waals surface area contributed by atoms with Crippen molar-refractivity contribution in [1.29, 1.82) is 0 Å². The van der Waals surface area contributed by atoms with E-state index in [-0.39, 0.29) is 6.04 Å². The maximum absolute atomic E-state index is 5.60. The summed E-state index contributed by atoms with van der Waals surface area (Å²) >= 11 is 0. The number of anilines is 1. The predicted molar refractivity (Wildman–Crippen MR) is 110 cm³/mol. The summed E-state index contributed by atoms with van der Waals surface area (Å²) < 4.78 is 7.54. The first-order chi connectivity index (χ1) is 13.7. The monoisotopic (exact) mass is 376 g/mol. The molecule has 1 aliphatic carbocycles. The summed E-state index contributed by atoms with van der Waals surface area (Å²) in [4.78, 5) is 21.2. The number of imidazole rings is 1. The summed E-state index contributed by atoms with van der Waals surface area (Å²) in [6.07, 6.45) is 4.24. The van der Waals surface area contributed by atoms with Gasteiger partial charge in [0.2, 0.25) is 5.95 Å². The first kappa shape index (κ1) is 17.3. The molecule has 28 heavy (non-hydrogen) atoms. The molecule has 2 aliphatic rings. The van der Waals surface area contributed by atoms with Crippen molar-refractivity contribution >= 4 is 28.4 Å². The third kappa shape index (κ3) is 3.26. The molecule has 0 amide bonds. The van der Waals surface area contributed by atoms with Crippen LogP contribution in [0.15, 0.2) is 41.7 Å². The van der Waals surface area contributed by atoms with Gasteiger partial charge in [-0.2, -0.15) is 9.97 Å². The number of hydrogen-bond acceptors (Lipinski definition) is 6. The predicted octanol–water partition coefficient (Wildman–Crippen LogP) is 3.54. The van der Waals surface area contributed by atoms with Crippen molar-refractivity contribution in [3.63, 3.8) is 0 Å². The molecule has 1 saturated heterocycles. The molecule has 1 atom stereocenters. The van der Waals surface area contributed by atoms with E-state index in [1.165, 1.54) is 12.8 Å². The highest BCUT2D eigenvalue weighted by Crippen LogP contribution is 2.32. The highest BCUT2D eigenvalue weighted by Gasteiger charge is 2.25. The number of ether oxygens (including phenoxy) is 1. The van der Waals surface area contributed by atoms with E-state index in [4.69, 9.17) is 19.7 Å². The Kier molecular flexibility index (Phi) is 4.31. The third-order valence-corrected chi connectivity index (χ3v) is 5.48. The maximum atomic E-state index is 5.60. The number of benzene rings is 1. The van der Waals surface area contributed by atoms with Gasteiger partial charge >= 0.3 is 0 Å². The molecule has 3 heterocycles. The van der Waals surface area contributed by atoms with Crippen molar-refractivity contribution in [2.24, 2.45) is 10.9 Å². The molecule has 0 bridgehead atoms. The molecule has 2 fully saturated rings. The van der Waals surface area contributed by atoms with Gasteiger partial charge in [-0.15, -0.1) is 0 Å². The first-order valence-electron chi connectivity index (χ1n) is 9.90. The number of para-hydroxylation sites is 2. The summed E-state index contributed by atoms with van der Waals surface area (Å²) in [5, 5.41) is 0. The molecule has 2 aromatic heterocycles. The largest absolute Gasteiger partial charge is 0.377 e. The van der Waals surface area contributed by atoms with Gasteiger partial charge in [-0.05, 0) is 44.7 Å². The molecule has 1 aromatic carbocycles. The van der Waals surface area contributed by atoms with Crippen molar-refractivity contribution in [2.75, 3.05) is 24.7 Å². The number of rotatable bonds is 4. The van der Waals surface area contributed by atoms with Crippen LogP contribution in [0.3, 0.4) is 0 Å². The second-order valence-corrected chi connectivity index (χ2v) is 7.63. The Morgan fingerprint density at radius 3 is 2.89 bits per heavy atom. The lowest BCUT2D eigenvalue weighted by molar-refractivity contribution is 0.0985. The summed E-state index contributed by atoms with van der Waals surface area (Å²) in [7, 11) is 0. The first-order valence-corrected chi connectivity index (χ1v) is 9.90. The van der Waals surface area contributed by atoms with Crippen LogP contribution in [0.4, 0.5) is 11.6 Å². The number of fused-ring (bicyclic) bond motifs is 1. The Balaban J connectivity index is 1.63. The van der Waals surface area contributed by atoms with Gasteiger partial charge in [0, 0.05) is 18.3 Å². The zero-order valence-electron chi connectivity index (χ0n) is 16.2. The molecular weight excluding hydrogens is 352 g/mol. The minimum absolute atomic E-state index is 0.261. The normalized spacial score (nSPS) is 20.7. The lowest BCUT2D eigenvalue weighted by atomic mass is 10.2. The standard InChI is InChI=1S/C21H24N6O/c1-14-12-28-10-9-26(14)20-11-19(23-15(2)16-7-8-16)24-21(25-20)27-13-22-17-5-3-4-6-18(17)27/h3-6,11,13-14,16H,7-10,12H2,1-2H3/t14-/m1/s1. The molecule has 3 aromatic rings. The molecule has 0 radical (unpaired) electrons. The van der Waals surface area contributed by atoms with Crippen LogP contribution in [0, 0.1) is 5.92 Å². The third-order valence-electron chi connectivity index (χ3n) is 5.48. The van der Waals surface area contributed by atoms with Gasteiger partial charge in [-0.25, -0.2) is 9.98 Å². The minimum Gasteiger partial charge on any atom is -0.377 e. The Hall–Kier alpha value is -2.80. The van der Waals surface area contributed by atoms with Crippen LogP contribution in [0.25, 0.3) is 17.0 Å². The number of aromatic nitrogens is 4. The summed E-state index contributed by atoms with van der Waals surface area (Å²) in [5.74, 6) is 2.81. The molecule has 5 rings (SSSR count). The van der Waals surface area contributed by atoms with Crippen LogP contribution >= 0.6 is 0 Å². The Morgan fingerprint density at radius 1 is 1.21 bits per heavy atom. The highest BCUT2D eigenvalue weighted by molar-refractivity contribution is 5.88. The molecule has 0 spiro atoms. The topological polar surface area (TPSA) is 68.4 Å². The summed E-state index contributed by atoms with van der Waals surface area (Å²) in [5.41, 5.74) is 3.07. The van der Waals surface area contributed by atoms with Gasteiger partial charge in [0.15, 0.2) is 5.82 Å². The number of nitrogens with zero attached hydrogens (tertiary/aromatic N) is 6. The van der Waals surface area contributed by atoms with E-state index in [9.17, 15) is 0 Å². The molecule has 7 nitrogen and oxygen atoms in total. The second-order valence-electron chi connectivity index (χ2n) is 7.63. The number of aliphatic imine (C=N–C) groups is 1. The zero-order chi connectivity index (χ0) is 19.1. The number of morpholine rings is 1. The Morgan fingerprint density at radius 2 is 2.07 bits per heavy atom. The highest BCUT2D eigenvalue weighted by atomic mass is 16.5. The van der Waals surface area contributed by atoms with Crippen molar-refractivity contribution in [2.45, 2.75) is 32.7 Å². The Labute approximate surface area is 164 Å². The molecular formula is C21H24N6O. The van der Waals surface area contributed by atoms with Crippen LogP contribution in [0.5, 0.6) is 0 Å². The quantitative estimate of drug-likeness (QED) is 0.652. The molecule has 144 valence electrons. The summed E-state index contributed by atoms with van der Waals surface area (Å²) in [6.45, 7) is 6.48. The van der Waals surface area contributed by atoms with E-state index in [0.717, 1.165) is 29.1 Å². The van der Waals surface area contributed by atoms with Gasteiger partial charge in [0.1, 0.15) is 12.1 Å². The van der Waals surface area contributed by atoms with E-state index in [0.29, 0.717) is 30.9 Å². The van der Waals surface area contributed by atoms with E-state index < -0.39 is 0 Å². The fraction of sp³-hybridized carbons (Fsp3) is 0.429. The second kappa shape index (κ2) is 6.98. The lowest BCUT2D eigenvalue weighted by Gasteiger charge is -2.34. The van der Waals surface area contributed by atoms with Crippen molar-refractivity contribution < 1.29 is 4.74 Å². The molecule has 0 unspecified atom stereocenters. The lowest BCUT2D eigenvalue weighted by Crippen LogP contribution is -2.44. The summed E-state index contributed by atoms with van der Waals surface area (Å²) in [6, 6.07) is 10.3. The van der Waals surface area contributed by atoms with Gasteiger partial charge in [-0.3, -0.25) is 4.57 Å². The van der Waals surface area contributed by atoms with E-state index >= 15 is 0 Å². The van der Waals surface area contributed by atoms with Crippen LogP contribution in [-0.2, 0) is 4.74 Å². The van der Waals surface area contributed by atoms with Crippen LogP contribution in [0.1, 0.15) is 26.7 Å². The molecule has 7 heteroatoms. The van der Waals surface area contributed by atoms with Gasteiger partial charge in [-0.1, -0.05) is 12.1 Å². The van der Waals surface area contributed by atoms with E-state index in [2.05, 4.69) is 23.7 Å². The zero-order valence-corrected chi connectivity index (χ0v) is 16.2. The molecule has 0 N–H and O–H groups in total. The van der Waals surface area contributed by atoms with Crippen LogP contribution in [-0.4, -0.2) is 51.0 Å². The Bertz CT molecular complexity index is 1040. The van der Waals surface area contributed by atoms with E-state index in [1.54, 1.807) is 6.33 Å². The van der Waals surface area contributed by atoms with E-state index in [1.807, 2.05) is 34.9 Å². The maximum Gasteiger partial charge on any atom is 0.239 e. The smallest absolute Gasteiger partial charge is 0.239 e. The van der Waals surface area contributed by atoms with Crippen molar-refractivity contribution in [1.82, 2.24) is 19.5 Å². The van der Waals surface area contributed by atoms with Gasteiger partial charge < -0.3 is 9.64 Å². The molecule has 1 saturated carbocycles. The fourth-order valence-electron chi connectivity index (χ4n) is 3.68. The number of hydrogen-bond donors (Lipinski definition) is 0. The van der Waals surface area contributed by atoms with Gasteiger partial charge in [0.05, 0.1) is 30.3 Å². The molecule has 1 aliphatic heterocycles. The SMILES string of the molecule is CC(=Nc1cc(N2CCOC[C@H]2C)nc(-n2cnc3ccccc32)n1)C1CC1. The minimum atomic E-state index is 0.261. The fourth-order valence-corrected chi connectivity index (χ4v) is 3.68. The van der Waals surface area contributed by atoms with Crippen molar-refractivity contribution in [3.05, 3.63) is 36.7 Å². The van der Waals surface area contributed by atoms with Crippen molar-refractivity contribution in [3.8, 4) is 5.95 Å². The van der Waals surface area contributed by atoms with Crippen LogP contribution < -0.4 is 4.90 Å². The average Bonchev–Trinajstić information content (AvgIpc) is 3.47. The van der Waals surface area contributed by atoms with Gasteiger partial charge in [0.25, 0.3) is 0 Å². The average molecular weight is 376 g/mol. The van der Waals surface area contributed by atoms with Crippen LogP contribution in [0.2, 0.25) is 0 Å².